The molecule has 0 aliphatic heterocycles. The second kappa shape index (κ2) is 11.3. The van der Waals surface area contributed by atoms with Gasteiger partial charge in [-0.25, -0.2) is 4.98 Å². The predicted octanol–water partition coefficient (Wildman–Crippen LogP) is 5.10. The van der Waals surface area contributed by atoms with E-state index in [4.69, 9.17) is 22.1 Å². The number of nitrogens with one attached hydrogen (secondary N) is 1. The van der Waals surface area contributed by atoms with Gasteiger partial charge in [-0.1, -0.05) is 17.7 Å². The zero-order valence-electron chi connectivity index (χ0n) is 18.4. The third kappa shape index (κ3) is 8.25. The van der Waals surface area contributed by atoms with E-state index >= 15 is 0 Å². The van der Waals surface area contributed by atoms with Crippen molar-refractivity contribution in [2.45, 2.75) is 25.5 Å². The molecule has 3 aromatic rings. The molecule has 37 heavy (non-hydrogen) atoms. The van der Waals surface area contributed by atoms with Crippen LogP contribution in [0.5, 0.6) is 11.5 Å². The molecule has 7 nitrogen and oxygen atoms in total. The summed E-state index contributed by atoms with van der Waals surface area (Å²) in [5.74, 6) is -1.85. The predicted molar refractivity (Wildman–Crippen MR) is 120 cm³/mol. The van der Waals surface area contributed by atoms with Crippen molar-refractivity contribution in [1.29, 1.82) is 0 Å². The first-order chi connectivity index (χ1) is 17.2. The first-order valence-electron chi connectivity index (χ1n) is 10.1. The van der Waals surface area contributed by atoms with Crippen molar-refractivity contribution in [1.82, 2.24) is 10.3 Å². The Morgan fingerprint density at radius 1 is 1.03 bits per heavy atom. The van der Waals surface area contributed by atoms with Crippen molar-refractivity contribution < 1.29 is 45.4 Å². The number of halogens is 7. The molecule has 0 unspecified atom stereocenters. The zero-order valence-corrected chi connectivity index (χ0v) is 19.9. The fourth-order valence-electron chi connectivity index (χ4n) is 2.99. The van der Waals surface area contributed by atoms with Gasteiger partial charge in [-0.15, -0.1) is 24.5 Å². The quantitative estimate of drug-likeness (QED) is 0.350. The highest BCUT2D eigenvalue weighted by Gasteiger charge is 2.33. The fraction of sp³-hybridized carbons (Fsp3) is 0.227. The number of carbonyl (C=O) groups is 2. The number of alkyl halides is 6. The lowest BCUT2D eigenvalue weighted by Gasteiger charge is -2.10. The third-order valence-corrected chi connectivity index (χ3v) is 5.92. The molecule has 0 aliphatic carbocycles. The van der Waals surface area contributed by atoms with Gasteiger partial charge in [0, 0.05) is 11.3 Å². The van der Waals surface area contributed by atoms with Crippen molar-refractivity contribution in [2.24, 2.45) is 5.73 Å². The van der Waals surface area contributed by atoms with Gasteiger partial charge in [-0.3, -0.25) is 9.59 Å². The van der Waals surface area contributed by atoms with Crippen LogP contribution >= 0.6 is 22.9 Å². The zero-order chi connectivity index (χ0) is 27.4. The van der Waals surface area contributed by atoms with E-state index in [-0.39, 0.29) is 35.0 Å². The summed E-state index contributed by atoms with van der Waals surface area (Å²) < 4.78 is 84.9. The van der Waals surface area contributed by atoms with E-state index in [0.29, 0.717) is 4.88 Å². The van der Waals surface area contributed by atoms with Crippen LogP contribution in [-0.2, 0) is 23.9 Å². The van der Waals surface area contributed by atoms with E-state index in [1.807, 2.05) is 0 Å². The Morgan fingerprint density at radius 2 is 1.68 bits per heavy atom. The van der Waals surface area contributed by atoms with Crippen LogP contribution in [0.2, 0.25) is 5.02 Å². The summed E-state index contributed by atoms with van der Waals surface area (Å²) in [6.07, 6.45) is -9.59. The SMILES string of the molecule is NC(=O)c1nc(CNC(=O)COc2ccc(OC(F)(F)F)cc2)sc1Cc1ccc(Cl)c(C(F)(F)F)c1. The molecule has 0 fully saturated rings. The summed E-state index contributed by atoms with van der Waals surface area (Å²) in [4.78, 5) is 28.2. The molecule has 0 spiro atoms. The highest BCUT2D eigenvalue weighted by atomic mass is 35.5. The first-order valence-corrected chi connectivity index (χ1v) is 11.3. The van der Waals surface area contributed by atoms with Gasteiger partial charge in [0.05, 0.1) is 17.1 Å². The number of amides is 2. The Bertz CT molecular complexity index is 1280. The van der Waals surface area contributed by atoms with Crippen LogP contribution < -0.4 is 20.5 Å². The Balaban J connectivity index is 1.60. The molecule has 0 aliphatic rings. The smallest absolute Gasteiger partial charge is 0.484 e. The lowest BCUT2D eigenvalue weighted by molar-refractivity contribution is -0.274. The molecule has 1 aromatic heterocycles. The van der Waals surface area contributed by atoms with Gasteiger partial charge in [0.2, 0.25) is 0 Å². The van der Waals surface area contributed by atoms with Gasteiger partial charge >= 0.3 is 12.5 Å². The number of rotatable bonds is 9. The van der Waals surface area contributed by atoms with E-state index in [2.05, 4.69) is 15.0 Å². The lowest BCUT2D eigenvalue weighted by atomic mass is 10.1. The maximum atomic E-state index is 13.1. The molecule has 0 saturated heterocycles. The molecule has 1 heterocycles. The normalized spacial score (nSPS) is 11.8. The number of benzene rings is 2. The number of thiazole rings is 1. The van der Waals surface area contributed by atoms with Crippen molar-refractivity contribution in [3.05, 3.63) is 74.2 Å². The molecule has 2 aromatic carbocycles. The Hall–Kier alpha value is -3.52. The monoisotopic (exact) mass is 567 g/mol. The number of ether oxygens (including phenoxy) is 2. The summed E-state index contributed by atoms with van der Waals surface area (Å²) in [7, 11) is 0. The number of hydrogen-bond acceptors (Lipinski definition) is 6. The van der Waals surface area contributed by atoms with Crippen molar-refractivity contribution in [3.63, 3.8) is 0 Å². The lowest BCUT2D eigenvalue weighted by Crippen LogP contribution is -2.28. The highest BCUT2D eigenvalue weighted by molar-refractivity contribution is 7.12. The van der Waals surface area contributed by atoms with Crippen LogP contribution in [0.4, 0.5) is 26.3 Å². The van der Waals surface area contributed by atoms with Crippen molar-refractivity contribution in [3.8, 4) is 11.5 Å². The van der Waals surface area contributed by atoms with E-state index in [9.17, 15) is 35.9 Å². The summed E-state index contributed by atoms with van der Waals surface area (Å²) in [5, 5.41) is 2.28. The third-order valence-electron chi connectivity index (χ3n) is 4.54. The van der Waals surface area contributed by atoms with Crippen LogP contribution in [0.3, 0.4) is 0 Å². The van der Waals surface area contributed by atoms with Gasteiger partial charge < -0.3 is 20.5 Å². The van der Waals surface area contributed by atoms with Gasteiger partial charge in [0.1, 0.15) is 22.2 Å². The van der Waals surface area contributed by atoms with Gasteiger partial charge in [0.15, 0.2) is 6.61 Å². The average Bonchev–Trinajstić information content (AvgIpc) is 3.19. The van der Waals surface area contributed by atoms with Crippen molar-refractivity contribution >= 4 is 34.8 Å². The van der Waals surface area contributed by atoms with Crippen LogP contribution in [0.25, 0.3) is 0 Å². The van der Waals surface area contributed by atoms with E-state index in [0.717, 1.165) is 35.6 Å². The number of aromatic nitrogens is 1. The Morgan fingerprint density at radius 3 is 2.27 bits per heavy atom. The highest BCUT2D eigenvalue weighted by Crippen LogP contribution is 2.36. The molecule has 0 bridgehead atoms. The van der Waals surface area contributed by atoms with Gasteiger partial charge in [-0.05, 0) is 42.0 Å². The number of primary amides is 1. The molecule has 3 rings (SSSR count). The van der Waals surface area contributed by atoms with E-state index < -0.39 is 47.3 Å². The molecule has 15 heteroatoms. The van der Waals surface area contributed by atoms with Crippen LogP contribution in [0.15, 0.2) is 42.5 Å². The Labute approximate surface area is 214 Å². The number of hydrogen-bond donors (Lipinski definition) is 2. The summed E-state index contributed by atoms with van der Waals surface area (Å²) in [6, 6.07) is 7.74. The molecule has 0 saturated carbocycles. The minimum atomic E-state index is -4.84. The maximum Gasteiger partial charge on any atom is 0.573 e. The number of nitrogens with two attached hydrogens (primary N) is 1. The molecule has 0 radical (unpaired) electrons. The van der Waals surface area contributed by atoms with Gasteiger partial charge in [0.25, 0.3) is 11.8 Å². The summed E-state index contributed by atoms with van der Waals surface area (Å²) in [6.45, 7) is -0.620. The van der Waals surface area contributed by atoms with E-state index in [1.165, 1.54) is 18.2 Å². The second-order valence-corrected chi connectivity index (χ2v) is 8.89. The average molecular weight is 568 g/mol. The van der Waals surface area contributed by atoms with Crippen LogP contribution in [-0.4, -0.2) is 29.8 Å². The standard InChI is InChI=1S/C22H16ClF6N3O4S/c23-15-6-1-11(7-14(15)21(24,25)26)8-16-19(20(30)34)32-18(37-16)9-31-17(33)10-35-12-2-4-13(5-3-12)36-22(27,28)29/h1-7H,8-10H2,(H2,30,34)(H,31,33). The number of nitrogens with zero attached hydrogens (tertiary/aromatic N) is 1. The largest absolute Gasteiger partial charge is 0.573 e. The maximum absolute atomic E-state index is 13.1. The fourth-order valence-corrected chi connectivity index (χ4v) is 4.26. The first kappa shape index (κ1) is 28.1. The molecular formula is C22H16ClF6N3O4S. The van der Waals surface area contributed by atoms with Crippen LogP contribution in [0.1, 0.15) is 31.5 Å². The number of carbonyl (C=O) groups excluding carboxylic acids is 2. The van der Waals surface area contributed by atoms with Crippen LogP contribution in [0, 0.1) is 0 Å². The molecule has 0 atom stereocenters. The van der Waals surface area contributed by atoms with Crippen molar-refractivity contribution in [2.75, 3.05) is 6.61 Å². The minimum absolute atomic E-state index is 0.0820. The Kier molecular flexibility index (Phi) is 8.53. The minimum Gasteiger partial charge on any atom is -0.484 e. The molecule has 198 valence electrons. The van der Waals surface area contributed by atoms with Gasteiger partial charge in [-0.2, -0.15) is 13.2 Å². The van der Waals surface area contributed by atoms with E-state index in [1.54, 1.807) is 0 Å². The molecule has 2 amide bonds. The molecular weight excluding hydrogens is 552 g/mol. The summed E-state index contributed by atoms with van der Waals surface area (Å²) in [5.41, 5.74) is 4.40. The summed E-state index contributed by atoms with van der Waals surface area (Å²) >= 11 is 6.61. The topological polar surface area (TPSA) is 104 Å². The molecule has 3 N–H and O–H groups in total. The second-order valence-electron chi connectivity index (χ2n) is 7.32.